The van der Waals surface area contributed by atoms with E-state index in [2.05, 4.69) is 34.7 Å². The Labute approximate surface area is 104 Å². The van der Waals surface area contributed by atoms with Crippen molar-refractivity contribution in [1.82, 2.24) is 15.6 Å². The number of nitrogens with one attached hydrogen (secondary N) is 2. The molecule has 1 fully saturated rings. The van der Waals surface area contributed by atoms with Crippen LogP contribution in [0.2, 0.25) is 0 Å². The van der Waals surface area contributed by atoms with Gasteiger partial charge in [0.15, 0.2) is 0 Å². The maximum atomic E-state index is 4.03. The molecule has 3 heteroatoms. The summed E-state index contributed by atoms with van der Waals surface area (Å²) in [5.41, 5.74) is 1.36. The van der Waals surface area contributed by atoms with Gasteiger partial charge in [-0.3, -0.25) is 4.98 Å². The molecule has 1 aromatic heterocycles. The molecule has 2 N–H and O–H groups in total. The fourth-order valence-electron chi connectivity index (χ4n) is 2.48. The maximum absolute atomic E-state index is 4.03. The van der Waals surface area contributed by atoms with E-state index in [1.54, 1.807) is 0 Å². The minimum Gasteiger partial charge on any atom is -0.314 e. The summed E-state index contributed by atoms with van der Waals surface area (Å²) in [7, 11) is 0. The van der Waals surface area contributed by atoms with E-state index in [1.165, 1.54) is 31.4 Å². The molecule has 0 saturated carbocycles. The summed E-state index contributed by atoms with van der Waals surface area (Å²) < 4.78 is 0. The van der Waals surface area contributed by atoms with Gasteiger partial charge >= 0.3 is 0 Å². The highest BCUT2D eigenvalue weighted by molar-refractivity contribution is 5.09. The SMILES string of the molecule is CC(CC1CCCN1)NCCc1ccncc1. The monoisotopic (exact) mass is 233 g/mol. The van der Waals surface area contributed by atoms with Crippen molar-refractivity contribution in [2.75, 3.05) is 13.1 Å². The zero-order chi connectivity index (χ0) is 11.9. The molecule has 0 bridgehead atoms. The molecule has 1 saturated heterocycles. The third-order valence-electron chi connectivity index (χ3n) is 3.46. The van der Waals surface area contributed by atoms with E-state index in [1.807, 2.05) is 12.4 Å². The smallest absolute Gasteiger partial charge is 0.0270 e. The van der Waals surface area contributed by atoms with Gasteiger partial charge in [0.2, 0.25) is 0 Å². The Morgan fingerprint density at radius 1 is 1.47 bits per heavy atom. The van der Waals surface area contributed by atoms with Crippen molar-refractivity contribution < 1.29 is 0 Å². The highest BCUT2D eigenvalue weighted by Crippen LogP contribution is 2.10. The molecular formula is C14H23N3. The molecule has 94 valence electrons. The zero-order valence-corrected chi connectivity index (χ0v) is 10.7. The molecule has 3 nitrogen and oxygen atoms in total. The lowest BCUT2D eigenvalue weighted by Crippen LogP contribution is -2.34. The number of pyridine rings is 1. The van der Waals surface area contributed by atoms with Crippen molar-refractivity contribution in [2.24, 2.45) is 0 Å². The Morgan fingerprint density at radius 3 is 3.00 bits per heavy atom. The molecule has 2 atom stereocenters. The molecule has 0 radical (unpaired) electrons. The van der Waals surface area contributed by atoms with Gasteiger partial charge in [-0.25, -0.2) is 0 Å². The van der Waals surface area contributed by atoms with Crippen LogP contribution in [0, 0.1) is 0 Å². The molecule has 2 heterocycles. The molecule has 2 rings (SSSR count). The van der Waals surface area contributed by atoms with E-state index in [-0.39, 0.29) is 0 Å². The second-order valence-corrected chi connectivity index (χ2v) is 4.99. The van der Waals surface area contributed by atoms with Gasteiger partial charge < -0.3 is 10.6 Å². The minimum absolute atomic E-state index is 0.604. The minimum atomic E-state index is 0.604. The van der Waals surface area contributed by atoms with Crippen molar-refractivity contribution >= 4 is 0 Å². The van der Waals surface area contributed by atoms with Crippen LogP contribution in [0.15, 0.2) is 24.5 Å². The quantitative estimate of drug-likeness (QED) is 0.786. The van der Waals surface area contributed by atoms with Gasteiger partial charge in [-0.1, -0.05) is 0 Å². The van der Waals surface area contributed by atoms with Crippen LogP contribution in [0.5, 0.6) is 0 Å². The van der Waals surface area contributed by atoms with E-state index < -0.39 is 0 Å². The van der Waals surface area contributed by atoms with Gasteiger partial charge in [0.1, 0.15) is 0 Å². The summed E-state index contributed by atoms with van der Waals surface area (Å²) in [4.78, 5) is 4.03. The van der Waals surface area contributed by atoms with Crippen molar-refractivity contribution in [2.45, 2.75) is 44.7 Å². The van der Waals surface area contributed by atoms with Crippen LogP contribution < -0.4 is 10.6 Å². The average molecular weight is 233 g/mol. The molecule has 1 aliphatic heterocycles. The average Bonchev–Trinajstić information content (AvgIpc) is 2.83. The molecule has 0 aliphatic carbocycles. The van der Waals surface area contributed by atoms with Crippen LogP contribution in [0.4, 0.5) is 0 Å². The predicted octanol–water partition coefficient (Wildman–Crippen LogP) is 1.74. The number of nitrogens with zero attached hydrogens (tertiary/aromatic N) is 1. The van der Waals surface area contributed by atoms with Crippen molar-refractivity contribution in [3.8, 4) is 0 Å². The van der Waals surface area contributed by atoms with E-state index in [9.17, 15) is 0 Å². The van der Waals surface area contributed by atoms with Gasteiger partial charge in [0, 0.05) is 24.5 Å². The van der Waals surface area contributed by atoms with Crippen LogP contribution in [0.25, 0.3) is 0 Å². The molecule has 0 amide bonds. The molecular weight excluding hydrogens is 210 g/mol. The van der Waals surface area contributed by atoms with Crippen LogP contribution in [-0.2, 0) is 6.42 Å². The molecule has 1 aliphatic rings. The van der Waals surface area contributed by atoms with Crippen LogP contribution in [0.1, 0.15) is 31.7 Å². The zero-order valence-electron chi connectivity index (χ0n) is 10.7. The summed E-state index contributed by atoms with van der Waals surface area (Å²) in [6.45, 7) is 4.54. The summed E-state index contributed by atoms with van der Waals surface area (Å²) in [5, 5.41) is 7.14. The Kier molecular flexibility index (Phi) is 4.95. The highest BCUT2D eigenvalue weighted by atomic mass is 15.0. The van der Waals surface area contributed by atoms with E-state index in [0.717, 1.165) is 19.0 Å². The maximum Gasteiger partial charge on any atom is 0.0270 e. The Bertz CT molecular complexity index is 307. The first-order valence-corrected chi connectivity index (χ1v) is 6.70. The van der Waals surface area contributed by atoms with Crippen molar-refractivity contribution in [3.05, 3.63) is 30.1 Å². The fraction of sp³-hybridized carbons (Fsp3) is 0.643. The van der Waals surface area contributed by atoms with Gasteiger partial charge in [-0.2, -0.15) is 0 Å². The lowest BCUT2D eigenvalue weighted by Gasteiger charge is -2.18. The fourth-order valence-corrected chi connectivity index (χ4v) is 2.48. The van der Waals surface area contributed by atoms with E-state index in [4.69, 9.17) is 0 Å². The standard InChI is InChI=1S/C14H23N3/c1-12(11-14-3-2-7-17-14)16-10-6-13-4-8-15-9-5-13/h4-5,8-9,12,14,16-17H,2-3,6-7,10-11H2,1H3. The third-order valence-corrected chi connectivity index (χ3v) is 3.46. The van der Waals surface area contributed by atoms with Crippen LogP contribution in [0.3, 0.4) is 0 Å². The summed E-state index contributed by atoms with van der Waals surface area (Å²) in [6.07, 6.45) is 8.74. The van der Waals surface area contributed by atoms with Crippen LogP contribution in [-0.4, -0.2) is 30.2 Å². The van der Waals surface area contributed by atoms with Crippen LogP contribution >= 0.6 is 0 Å². The highest BCUT2D eigenvalue weighted by Gasteiger charge is 2.16. The molecule has 0 aromatic carbocycles. The molecule has 2 unspecified atom stereocenters. The first-order valence-electron chi connectivity index (χ1n) is 6.70. The summed E-state index contributed by atoms with van der Waals surface area (Å²) >= 11 is 0. The van der Waals surface area contributed by atoms with Gasteiger partial charge in [-0.15, -0.1) is 0 Å². The normalized spacial score (nSPS) is 21.6. The van der Waals surface area contributed by atoms with Gasteiger partial charge in [-0.05, 0) is 63.4 Å². The van der Waals surface area contributed by atoms with E-state index >= 15 is 0 Å². The lowest BCUT2D eigenvalue weighted by atomic mass is 10.1. The topological polar surface area (TPSA) is 37.0 Å². The first-order chi connectivity index (χ1) is 8.34. The Morgan fingerprint density at radius 2 is 2.29 bits per heavy atom. The summed E-state index contributed by atoms with van der Waals surface area (Å²) in [6, 6.07) is 5.52. The number of aromatic nitrogens is 1. The number of rotatable bonds is 6. The number of hydrogen-bond acceptors (Lipinski definition) is 3. The lowest BCUT2D eigenvalue weighted by molar-refractivity contribution is 0.443. The molecule has 17 heavy (non-hydrogen) atoms. The van der Waals surface area contributed by atoms with Gasteiger partial charge in [0.25, 0.3) is 0 Å². The predicted molar refractivity (Wildman–Crippen MR) is 71.0 cm³/mol. The largest absolute Gasteiger partial charge is 0.314 e. The Hall–Kier alpha value is -0.930. The second-order valence-electron chi connectivity index (χ2n) is 4.99. The van der Waals surface area contributed by atoms with Gasteiger partial charge in [0.05, 0.1) is 0 Å². The molecule has 1 aromatic rings. The Balaban J connectivity index is 1.61. The molecule has 0 spiro atoms. The second kappa shape index (κ2) is 6.72. The summed E-state index contributed by atoms with van der Waals surface area (Å²) in [5.74, 6) is 0. The van der Waals surface area contributed by atoms with Crippen molar-refractivity contribution in [3.63, 3.8) is 0 Å². The first kappa shape index (κ1) is 12.5. The number of hydrogen-bond donors (Lipinski definition) is 2. The van der Waals surface area contributed by atoms with E-state index in [0.29, 0.717) is 6.04 Å². The van der Waals surface area contributed by atoms with Crippen molar-refractivity contribution in [1.29, 1.82) is 0 Å². The third kappa shape index (κ3) is 4.44.